The van der Waals surface area contributed by atoms with Gasteiger partial charge >= 0.3 is 0 Å². The van der Waals surface area contributed by atoms with Crippen LogP contribution in [0, 0.1) is 17.8 Å². The van der Waals surface area contributed by atoms with Crippen molar-refractivity contribution in [3.8, 4) is 11.8 Å². The van der Waals surface area contributed by atoms with Crippen molar-refractivity contribution in [2.24, 2.45) is 5.92 Å². The number of nitrogens with two attached hydrogens (primary N) is 1. The second-order valence-electron chi connectivity index (χ2n) is 12.5. The van der Waals surface area contributed by atoms with Crippen LogP contribution >= 0.6 is 0 Å². The molecule has 2 aromatic heterocycles. The van der Waals surface area contributed by atoms with Crippen LogP contribution in [-0.2, 0) is 0 Å². The Balaban J connectivity index is 1.29. The molecule has 0 radical (unpaired) electrons. The molecule has 44 heavy (non-hydrogen) atoms. The summed E-state index contributed by atoms with van der Waals surface area (Å²) < 4.78 is 1.74. The zero-order valence-corrected chi connectivity index (χ0v) is 25.3. The minimum absolute atomic E-state index is 0.0725. The molecule has 0 bridgehead atoms. The van der Waals surface area contributed by atoms with Gasteiger partial charge in [0.1, 0.15) is 11.2 Å². The molecule has 8 aromatic rings. The molecule has 0 aliphatic carbocycles. The lowest BCUT2D eigenvalue weighted by Crippen LogP contribution is -2.13. The molecule has 2 heterocycles. The van der Waals surface area contributed by atoms with Crippen LogP contribution in [0.15, 0.2) is 77.6 Å². The lowest BCUT2D eigenvalue weighted by Gasteiger charge is -2.16. The van der Waals surface area contributed by atoms with Gasteiger partial charge in [0.15, 0.2) is 0 Å². The fourth-order valence-corrected chi connectivity index (χ4v) is 7.39. The number of rotatable bonds is 7. The molecule has 216 valence electrons. The third-order valence-electron chi connectivity index (χ3n) is 9.56. The van der Waals surface area contributed by atoms with Gasteiger partial charge in [-0.05, 0) is 68.4 Å². The minimum atomic E-state index is -0.0725. The average Bonchev–Trinajstić information content (AvgIpc) is 3.44. The number of benzene rings is 6. The second-order valence-corrected chi connectivity index (χ2v) is 12.5. The Morgan fingerprint density at radius 2 is 1.41 bits per heavy atom. The van der Waals surface area contributed by atoms with Crippen molar-refractivity contribution in [3.05, 3.63) is 88.7 Å². The maximum absolute atomic E-state index is 14.3. The summed E-state index contributed by atoms with van der Waals surface area (Å²) in [4.78, 5) is 19.3. The van der Waals surface area contributed by atoms with Crippen LogP contribution in [0.4, 0.5) is 5.69 Å². The number of unbranched alkanes of at least 4 members (excludes halogenated alkanes) is 5. The van der Waals surface area contributed by atoms with Crippen molar-refractivity contribution in [3.63, 3.8) is 0 Å². The number of hydrogen-bond donors (Lipinski definition) is 1. The largest absolute Gasteiger partial charge is 0.397 e. The number of imidazole rings is 1. The standard InChI is InChI=1S/C40H35N3O/c1-3-4-5-6-7-8-11-24(2)16-17-25-22-33(41)38-34(23-25)43-39(42-38)31-20-18-29-27-14-9-12-26-13-10-15-28(35(26)27)30-19-21-32(40(43)44)37(31)36(29)30/h9-10,12-15,18-24H,3-8,11,41H2,1-2H3. The summed E-state index contributed by atoms with van der Waals surface area (Å²) in [6.07, 6.45) is 8.82. The minimum Gasteiger partial charge on any atom is -0.397 e. The predicted molar refractivity (Wildman–Crippen MR) is 187 cm³/mol. The normalized spacial score (nSPS) is 12.9. The molecule has 2 N–H and O–H groups in total. The highest BCUT2D eigenvalue weighted by atomic mass is 16.1. The van der Waals surface area contributed by atoms with E-state index in [4.69, 9.17) is 10.7 Å². The molecule has 0 saturated heterocycles. The smallest absolute Gasteiger partial charge is 0.264 e. The fourth-order valence-electron chi connectivity index (χ4n) is 7.39. The Hall–Kier alpha value is -4.88. The Morgan fingerprint density at radius 1 is 0.773 bits per heavy atom. The molecule has 0 aliphatic heterocycles. The lowest BCUT2D eigenvalue weighted by atomic mass is 9.88. The van der Waals surface area contributed by atoms with Gasteiger partial charge in [-0.3, -0.25) is 9.20 Å². The van der Waals surface area contributed by atoms with E-state index in [1.54, 1.807) is 4.40 Å². The third kappa shape index (κ3) is 3.99. The monoisotopic (exact) mass is 573 g/mol. The molecule has 8 rings (SSSR count). The van der Waals surface area contributed by atoms with Crippen molar-refractivity contribution in [1.29, 1.82) is 0 Å². The average molecular weight is 574 g/mol. The van der Waals surface area contributed by atoms with Crippen LogP contribution in [0.25, 0.3) is 70.5 Å². The molecule has 4 heteroatoms. The number of anilines is 1. The van der Waals surface area contributed by atoms with E-state index in [1.807, 2.05) is 18.2 Å². The van der Waals surface area contributed by atoms with E-state index >= 15 is 0 Å². The van der Waals surface area contributed by atoms with Gasteiger partial charge in [0.2, 0.25) is 0 Å². The zero-order valence-electron chi connectivity index (χ0n) is 25.3. The number of hydrogen-bond acceptors (Lipinski definition) is 3. The van der Waals surface area contributed by atoms with Crippen LogP contribution in [0.3, 0.4) is 0 Å². The van der Waals surface area contributed by atoms with Crippen LogP contribution < -0.4 is 11.3 Å². The topological polar surface area (TPSA) is 60.4 Å². The van der Waals surface area contributed by atoms with E-state index in [0.29, 0.717) is 33.7 Å². The molecule has 0 fully saturated rings. The van der Waals surface area contributed by atoms with Gasteiger partial charge in [-0.15, -0.1) is 0 Å². The van der Waals surface area contributed by atoms with Gasteiger partial charge < -0.3 is 5.73 Å². The highest BCUT2D eigenvalue weighted by molar-refractivity contribution is 6.37. The van der Waals surface area contributed by atoms with Crippen molar-refractivity contribution in [2.45, 2.75) is 58.8 Å². The van der Waals surface area contributed by atoms with Crippen LogP contribution in [0.5, 0.6) is 0 Å². The predicted octanol–water partition coefficient (Wildman–Crippen LogP) is 9.81. The molecule has 6 aromatic carbocycles. The summed E-state index contributed by atoms with van der Waals surface area (Å²) in [5.74, 6) is 7.09. The summed E-state index contributed by atoms with van der Waals surface area (Å²) in [6.45, 7) is 4.44. The molecule has 1 atom stereocenters. The van der Waals surface area contributed by atoms with E-state index < -0.39 is 0 Å². The molecule has 1 unspecified atom stereocenters. The first-order valence-corrected chi connectivity index (χ1v) is 16.1. The summed E-state index contributed by atoms with van der Waals surface area (Å²) in [5, 5.41) is 11.0. The van der Waals surface area contributed by atoms with E-state index in [0.717, 1.165) is 38.9 Å². The maximum Gasteiger partial charge on any atom is 0.264 e. The Bertz CT molecular complexity index is 2440. The van der Waals surface area contributed by atoms with Gasteiger partial charge in [0.25, 0.3) is 5.56 Å². The Labute approximate surface area is 256 Å². The SMILES string of the molecule is CCCCCCCCC(C)C#Cc1cc(N)c2nc3c4ccc5c6cccc7cccc(c8ccc(c(=O)n3c2c1)c4c85)c76. The van der Waals surface area contributed by atoms with Crippen LogP contribution in [0.2, 0.25) is 0 Å². The summed E-state index contributed by atoms with van der Waals surface area (Å²) in [5.41, 5.74) is 9.88. The number of aromatic nitrogens is 2. The van der Waals surface area contributed by atoms with E-state index in [9.17, 15) is 4.79 Å². The van der Waals surface area contributed by atoms with E-state index in [-0.39, 0.29) is 5.56 Å². The highest BCUT2D eigenvalue weighted by Crippen LogP contribution is 2.43. The Kier molecular flexibility index (Phi) is 6.31. The van der Waals surface area contributed by atoms with Gasteiger partial charge in [-0.2, -0.15) is 0 Å². The summed E-state index contributed by atoms with van der Waals surface area (Å²) >= 11 is 0. The summed E-state index contributed by atoms with van der Waals surface area (Å²) in [7, 11) is 0. The first-order chi connectivity index (χ1) is 21.5. The van der Waals surface area contributed by atoms with Crippen LogP contribution in [-0.4, -0.2) is 9.38 Å². The highest BCUT2D eigenvalue weighted by Gasteiger charge is 2.21. The van der Waals surface area contributed by atoms with Gasteiger partial charge in [-0.1, -0.05) is 113 Å². The van der Waals surface area contributed by atoms with E-state index in [1.165, 1.54) is 60.1 Å². The third-order valence-corrected chi connectivity index (χ3v) is 9.56. The first-order valence-electron chi connectivity index (χ1n) is 16.1. The van der Waals surface area contributed by atoms with Crippen molar-refractivity contribution in [1.82, 2.24) is 9.38 Å². The number of pyridine rings is 1. The molecule has 0 spiro atoms. The van der Waals surface area contributed by atoms with Crippen LogP contribution in [0.1, 0.15) is 64.4 Å². The molecule has 0 aliphatic rings. The number of nitrogen functional groups attached to an aromatic ring is 1. The molecular formula is C40H35N3O. The lowest BCUT2D eigenvalue weighted by molar-refractivity contribution is 0.551. The van der Waals surface area contributed by atoms with Gasteiger partial charge in [0, 0.05) is 27.6 Å². The van der Waals surface area contributed by atoms with Crippen molar-refractivity contribution in [2.75, 3.05) is 5.73 Å². The Morgan fingerprint density at radius 3 is 2.16 bits per heavy atom. The first kappa shape index (κ1) is 26.7. The summed E-state index contributed by atoms with van der Waals surface area (Å²) in [6, 6.07) is 25.3. The fraction of sp³-hybridized carbons (Fsp3) is 0.250. The molecule has 0 amide bonds. The zero-order chi connectivity index (χ0) is 29.9. The molecule has 0 saturated carbocycles. The number of nitrogens with zero attached hydrogens (tertiary/aromatic N) is 2. The maximum atomic E-state index is 14.3. The second kappa shape index (κ2) is 10.4. The van der Waals surface area contributed by atoms with E-state index in [2.05, 4.69) is 80.3 Å². The van der Waals surface area contributed by atoms with Gasteiger partial charge in [0.05, 0.1) is 11.2 Å². The van der Waals surface area contributed by atoms with Gasteiger partial charge in [-0.25, -0.2) is 4.98 Å². The van der Waals surface area contributed by atoms with Crippen molar-refractivity contribution < 1.29 is 0 Å². The van der Waals surface area contributed by atoms with Crippen molar-refractivity contribution >= 4 is 76.2 Å². The molecule has 4 nitrogen and oxygen atoms in total. The molecular weight excluding hydrogens is 538 g/mol. The number of fused-ring (bicyclic) bond motifs is 6. The quantitative estimate of drug-likeness (QED) is 0.0679.